The van der Waals surface area contributed by atoms with Crippen molar-refractivity contribution in [3.8, 4) is 10.6 Å². The van der Waals surface area contributed by atoms with Crippen LogP contribution in [0.2, 0.25) is 0 Å². The minimum absolute atomic E-state index is 0.164. The third-order valence-corrected chi connectivity index (χ3v) is 6.18. The Bertz CT molecular complexity index is 1220. The summed E-state index contributed by atoms with van der Waals surface area (Å²) in [6, 6.07) is 10.9. The molecule has 0 fully saturated rings. The van der Waals surface area contributed by atoms with E-state index in [0.29, 0.717) is 10.9 Å². The van der Waals surface area contributed by atoms with E-state index >= 15 is 0 Å². The third kappa shape index (κ3) is 4.41. The molecule has 3 aromatic heterocycles. The maximum absolute atomic E-state index is 14.6. The molecule has 10 heteroatoms. The minimum Gasteiger partial charge on any atom is -0.381 e. The van der Waals surface area contributed by atoms with Crippen LogP contribution in [0, 0.1) is 11.6 Å². The third-order valence-electron chi connectivity index (χ3n) is 5.08. The summed E-state index contributed by atoms with van der Waals surface area (Å²) in [6.07, 6.45) is 4.30. The van der Waals surface area contributed by atoms with E-state index in [1.54, 1.807) is 31.3 Å². The van der Waals surface area contributed by atoms with Gasteiger partial charge >= 0.3 is 0 Å². The number of rotatable bonds is 7. The van der Waals surface area contributed by atoms with Crippen LogP contribution in [-0.2, 0) is 12.1 Å². The van der Waals surface area contributed by atoms with Gasteiger partial charge in [-0.25, -0.2) is 18.4 Å². The van der Waals surface area contributed by atoms with Gasteiger partial charge in [0, 0.05) is 17.8 Å². The number of hydrogen-bond acceptors (Lipinski definition) is 6. The average Bonchev–Trinajstić information content (AvgIpc) is 3.46. The molecule has 4 rings (SSSR count). The fourth-order valence-corrected chi connectivity index (χ4v) is 4.24. The molecule has 0 bridgehead atoms. The molecule has 0 aliphatic heterocycles. The summed E-state index contributed by atoms with van der Waals surface area (Å²) in [5, 5.41) is 18.2. The molecule has 2 atom stereocenters. The number of carbonyl (C=O) groups is 1. The van der Waals surface area contributed by atoms with Crippen LogP contribution in [0.3, 0.4) is 0 Å². The number of pyridine rings is 1. The predicted octanol–water partition coefficient (Wildman–Crippen LogP) is 3.39. The highest BCUT2D eigenvalue weighted by atomic mass is 32.1. The Morgan fingerprint density at radius 2 is 2.09 bits per heavy atom. The summed E-state index contributed by atoms with van der Waals surface area (Å²) in [5.74, 6) is -2.14. The van der Waals surface area contributed by atoms with Gasteiger partial charge in [0.25, 0.3) is 5.91 Å². The number of thiophene rings is 1. The van der Waals surface area contributed by atoms with Gasteiger partial charge < -0.3 is 10.4 Å². The Labute approximate surface area is 186 Å². The lowest BCUT2D eigenvalue weighted by Gasteiger charge is -2.35. The van der Waals surface area contributed by atoms with Crippen molar-refractivity contribution in [2.45, 2.75) is 25.1 Å². The standard InChI is InChI=1S/C22H19F2N5O2S/c1-14(28-21(30)20-8-7-19(32-20)18-4-2-3-9-26-18)22(31,11-29-13-25-12-27-29)16-6-5-15(23)10-17(16)24/h2-10,12-14,31H,11H2,1H3,(H,28,30)/t14-,22-/m1/s1. The van der Waals surface area contributed by atoms with Crippen LogP contribution in [-0.4, -0.2) is 36.8 Å². The van der Waals surface area contributed by atoms with E-state index in [2.05, 4.69) is 20.4 Å². The number of halogens is 2. The van der Waals surface area contributed by atoms with E-state index in [1.165, 1.54) is 28.7 Å². The molecule has 2 N–H and O–H groups in total. The predicted molar refractivity (Wildman–Crippen MR) is 115 cm³/mol. The Morgan fingerprint density at radius 3 is 2.78 bits per heavy atom. The number of nitrogens with zero attached hydrogens (tertiary/aromatic N) is 4. The first-order valence-electron chi connectivity index (χ1n) is 9.69. The molecule has 0 aliphatic rings. The van der Waals surface area contributed by atoms with Gasteiger partial charge in [0.2, 0.25) is 0 Å². The Hall–Kier alpha value is -3.50. The Kier molecular flexibility index (Phi) is 6.06. The van der Waals surface area contributed by atoms with Gasteiger partial charge in [-0.05, 0) is 37.3 Å². The van der Waals surface area contributed by atoms with Gasteiger partial charge in [-0.15, -0.1) is 11.3 Å². The minimum atomic E-state index is -1.93. The molecular formula is C22H19F2N5O2S. The molecule has 0 radical (unpaired) electrons. The number of hydrogen-bond donors (Lipinski definition) is 2. The van der Waals surface area contributed by atoms with Crippen LogP contribution in [0.25, 0.3) is 10.6 Å². The van der Waals surface area contributed by atoms with Crippen LogP contribution in [0.4, 0.5) is 8.78 Å². The lowest BCUT2D eigenvalue weighted by atomic mass is 9.86. The number of nitrogens with one attached hydrogen (secondary N) is 1. The quantitative estimate of drug-likeness (QED) is 0.446. The molecule has 164 valence electrons. The highest BCUT2D eigenvalue weighted by Gasteiger charge is 2.40. The first-order chi connectivity index (χ1) is 15.4. The lowest BCUT2D eigenvalue weighted by Crippen LogP contribution is -2.51. The fraction of sp³-hybridized carbons (Fsp3) is 0.182. The van der Waals surface area contributed by atoms with E-state index in [4.69, 9.17) is 0 Å². The van der Waals surface area contributed by atoms with Crippen molar-refractivity contribution in [3.05, 3.63) is 89.5 Å². The maximum Gasteiger partial charge on any atom is 0.261 e. The molecule has 0 saturated carbocycles. The molecule has 7 nitrogen and oxygen atoms in total. The first kappa shape index (κ1) is 21.7. The zero-order chi connectivity index (χ0) is 22.7. The highest BCUT2D eigenvalue weighted by molar-refractivity contribution is 7.17. The molecule has 1 amide bonds. The smallest absolute Gasteiger partial charge is 0.261 e. The second kappa shape index (κ2) is 8.93. The number of amides is 1. The summed E-state index contributed by atoms with van der Waals surface area (Å²) < 4.78 is 29.4. The molecule has 4 aromatic rings. The number of benzene rings is 1. The molecule has 3 heterocycles. The summed E-state index contributed by atoms with van der Waals surface area (Å²) in [6.45, 7) is 1.34. The molecule has 1 aromatic carbocycles. The van der Waals surface area contributed by atoms with E-state index in [9.17, 15) is 18.7 Å². The fourth-order valence-electron chi connectivity index (χ4n) is 3.35. The number of aliphatic hydroxyl groups is 1. The van der Waals surface area contributed by atoms with Crippen molar-refractivity contribution < 1.29 is 18.7 Å². The summed E-state index contributed by atoms with van der Waals surface area (Å²) in [4.78, 5) is 22.2. The number of aromatic nitrogens is 4. The summed E-state index contributed by atoms with van der Waals surface area (Å²) in [7, 11) is 0. The van der Waals surface area contributed by atoms with Crippen molar-refractivity contribution in [3.63, 3.8) is 0 Å². The normalized spacial score (nSPS) is 14.0. The molecule has 0 unspecified atom stereocenters. The SMILES string of the molecule is C[C@@H](NC(=O)c1ccc(-c2ccccn2)s1)[C@](O)(Cn1cncn1)c1ccc(F)cc1F. The van der Waals surface area contributed by atoms with Crippen molar-refractivity contribution in [1.29, 1.82) is 0 Å². The van der Waals surface area contributed by atoms with Gasteiger partial charge in [0.05, 0.1) is 28.0 Å². The van der Waals surface area contributed by atoms with Gasteiger partial charge in [-0.2, -0.15) is 5.10 Å². The van der Waals surface area contributed by atoms with Crippen molar-refractivity contribution in [2.24, 2.45) is 0 Å². The molecule has 32 heavy (non-hydrogen) atoms. The summed E-state index contributed by atoms with van der Waals surface area (Å²) >= 11 is 1.25. The monoisotopic (exact) mass is 455 g/mol. The van der Waals surface area contributed by atoms with Crippen LogP contribution < -0.4 is 5.32 Å². The van der Waals surface area contributed by atoms with Gasteiger partial charge in [-0.3, -0.25) is 9.78 Å². The van der Waals surface area contributed by atoms with E-state index < -0.39 is 29.2 Å². The van der Waals surface area contributed by atoms with Crippen LogP contribution in [0.15, 0.2) is 67.4 Å². The van der Waals surface area contributed by atoms with Crippen molar-refractivity contribution >= 4 is 17.2 Å². The van der Waals surface area contributed by atoms with Gasteiger partial charge in [-0.1, -0.05) is 12.1 Å². The molecule has 0 aliphatic carbocycles. The lowest BCUT2D eigenvalue weighted by molar-refractivity contribution is -0.0185. The van der Waals surface area contributed by atoms with E-state index in [-0.39, 0.29) is 12.1 Å². The molecular weight excluding hydrogens is 436 g/mol. The van der Waals surface area contributed by atoms with Gasteiger partial charge in [0.15, 0.2) is 0 Å². The van der Waals surface area contributed by atoms with E-state index in [0.717, 1.165) is 22.7 Å². The van der Waals surface area contributed by atoms with Crippen molar-refractivity contribution in [1.82, 2.24) is 25.1 Å². The zero-order valence-corrected chi connectivity index (χ0v) is 17.8. The number of carbonyl (C=O) groups excluding carboxylic acids is 1. The first-order valence-corrected chi connectivity index (χ1v) is 10.5. The molecule has 0 spiro atoms. The second-order valence-corrected chi connectivity index (χ2v) is 8.30. The topological polar surface area (TPSA) is 92.9 Å². The average molecular weight is 455 g/mol. The van der Waals surface area contributed by atoms with E-state index in [1.807, 2.05) is 12.1 Å². The van der Waals surface area contributed by atoms with Crippen LogP contribution >= 0.6 is 11.3 Å². The Balaban J connectivity index is 1.60. The summed E-state index contributed by atoms with van der Waals surface area (Å²) in [5.41, 5.74) is -1.36. The maximum atomic E-state index is 14.6. The zero-order valence-electron chi connectivity index (χ0n) is 16.9. The second-order valence-electron chi connectivity index (χ2n) is 7.22. The highest BCUT2D eigenvalue weighted by Crippen LogP contribution is 2.31. The molecule has 0 saturated heterocycles. The van der Waals surface area contributed by atoms with Crippen molar-refractivity contribution in [2.75, 3.05) is 0 Å². The van der Waals surface area contributed by atoms with Crippen LogP contribution in [0.5, 0.6) is 0 Å². The van der Waals surface area contributed by atoms with Gasteiger partial charge in [0.1, 0.15) is 29.9 Å². The largest absolute Gasteiger partial charge is 0.381 e. The van der Waals surface area contributed by atoms with Crippen LogP contribution in [0.1, 0.15) is 22.2 Å². The Morgan fingerprint density at radius 1 is 1.25 bits per heavy atom.